The Labute approximate surface area is 185 Å². The summed E-state index contributed by atoms with van der Waals surface area (Å²) in [5.74, 6) is -1.81. The second kappa shape index (κ2) is 6.80. The fraction of sp³-hybridized carbons (Fsp3) is 0.455. The van der Waals surface area contributed by atoms with Crippen molar-refractivity contribution in [2.75, 3.05) is 6.54 Å². The van der Waals surface area contributed by atoms with Crippen LogP contribution in [0.3, 0.4) is 0 Å². The molecule has 2 aliphatic heterocycles. The lowest BCUT2D eigenvalue weighted by Crippen LogP contribution is -2.42. The maximum Gasteiger partial charge on any atom is 0.305 e. The van der Waals surface area contributed by atoms with Crippen molar-refractivity contribution in [1.29, 1.82) is 0 Å². The molecule has 2 bridgehead atoms. The predicted octanol–water partition coefficient (Wildman–Crippen LogP) is 2.38. The Morgan fingerprint density at radius 2 is 1.81 bits per heavy atom. The van der Waals surface area contributed by atoms with Gasteiger partial charge in [-0.2, -0.15) is 0 Å². The van der Waals surface area contributed by atoms with Crippen molar-refractivity contribution in [2.45, 2.75) is 29.0 Å². The van der Waals surface area contributed by atoms with Crippen LogP contribution in [-0.2, 0) is 14.4 Å². The van der Waals surface area contributed by atoms with Crippen LogP contribution in [0.25, 0.3) is 0 Å². The summed E-state index contributed by atoms with van der Waals surface area (Å²) in [4.78, 5) is 54.7. The van der Waals surface area contributed by atoms with Crippen molar-refractivity contribution in [3.63, 3.8) is 0 Å². The molecule has 2 saturated carbocycles. The summed E-state index contributed by atoms with van der Waals surface area (Å²) >= 11 is 2.91. The summed E-state index contributed by atoms with van der Waals surface area (Å²) in [7, 11) is 0. The number of aliphatic carboxylic acids is 1. The van der Waals surface area contributed by atoms with Crippen LogP contribution >= 0.6 is 23.1 Å². The van der Waals surface area contributed by atoms with Gasteiger partial charge in [0.2, 0.25) is 11.8 Å². The van der Waals surface area contributed by atoms with Gasteiger partial charge in [-0.15, -0.1) is 11.8 Å². The summed E-state index contributed by atoms with van der Waals surface area (Å²) in [6, 6.07) is 10.1. The Hall–Kier alpha value is -2.39. The van der Waals surface area contributed by atoms with Gasteiger partial charge in [0.05, 0.1) is 23.3 Å². The fourth-order valence-corrected chi connectivity index (χ4v) is 9.43. The Balaban J connectivity index is 1.41. The van der Waals surface area contributed by atoms with E-state index in [1.165, 1.54) is 16.2 Å². The molecule has 6 rings (SSSR count). The number of amides is 2. The molecule has 7 nitrogen and oxygen atoms in total. The fourth-order valence-electron chi connectivity index (χ4n) is 6.54. The van der Waals surface area contributed by atoms with Gasteiger partial charge in [-0.25, -0.2) is 0 Å². The SMILES string of the molecule is O=C(O)CCN1C(=O)[C@@H]2[C@H]3C[C@@H]([C@@H]2C1=O)[C@@H]1[C@@H](c2ccccc2)c2sc(=O)[nH]c2S[C@H]31. The zero-order valence-corrected chi connectivity index (χ0v) is 18.0. The standard InChI is InChI=1S/C22H20N2O5S2/c25-12(26)6-7-24-20(27)15-10-8-11(16(15)21(24)28)17-14(10)13(9-4-2-1-3-5-9)18-19(30-17)23-22(29)31-18/h1-5,10-11,13-17H,6-8H2,(H,23,29)(H,25,26)/t10-,11-,13-,14-,15+,16-,17-/m1/s1. The number of carboxylic acids is 1. The number of carbonyl (C=O) groups excluding carboxylic acids is 2. The number of imide groups is 1. The topological polar surface area (TPSA) is 108 Å². The molecule has 160 valence electrons. The van der Waals surface area contributed by atoms with Crippen LogP contribution in [0.15, 0.2) is 40.2 Å². The predicted molar refractivity (Wildman–Crippen MR) is 114 cm³/mol. The van der Waals surface area contributed by atoms with Crippen LogP contribution in [-0.4, -0.2) is 44.6 Å². The molecule has 2 N–H and O–H groups in total. The first-order valence-corrected chi connectivity index (χ1v) is 12.2. The molecule has 1 saturated heterocycles. The first-order chi connectivity index (χ1) is 15.0. The Bertz CT molecular complexity index is 1160. The number of aromatic nitrogens is 1. The normalized spacial score (nSPS) is 35.2. The number of benzene rings is 1. The zero-order valence-electron chi connectivity index (χ0n) is 16.4. The number of carbonyl (C=O) groups is 3. The third-order valence-electron chi connectivity index (χ3n) is 7.52. The number of hydrogen-bond acceptors (Lipinski definition) is 6. The van der Waals surface area contributed by atoms with E-state index in [0.717, 1.165) is 21.9 Å². The molecule has 0 spiro atoms. The molecule has 2 amide bonds. The van der Waals surface area contributed by atoms with Crippen molar-refractivity contribution in [1.82, 2.24) is 9.88 Å². The third kappa shape index (κ3) is 2.65. The summed E-state index contributed by atoms with van der Waals surface area (Å²) < 4.78 is 0. The van der Waals surface area contributed by atoms with Gasteiger partial charge < -0.3 is 10.1 Å². The number of aromatic amines is 1. The number of nitrogens with zero attached hydrogens (tertiary/aromatic N) is 1. The van der Waals surface area contributed by atoms with Gasteiger partial charge in [0.25, 0.3) is 0 Å². The Kier molecular flexibility index (Phi) is 4.24. The average molecular weight is 457 g/mol. The van der Waals surface area contributed by atoms with Gasteiger partial charge in [-0.1, -0.05) is 41.7 Å². The number of H-pyrrole nitrogens is 1. The highest BCUT2D eigenvalue weighted by atomic mass is 32.2. The van der Waals surface area contributed by atoms with Gasteiger partial charge in [0.1, 0.15) is 0 Å². The van der Waals surface area contributed by atoms with E-state index in [0.29, 0.717) is 0 Å². The van der Waals surface area contributed by atoms with Crippen LogP contribution < -0.4 is 4.87 Å². The molecule has 1 aromatic heterocycles. The van der Waals surface area contributed by atoms with Crippen LogP contribution in [0.4, 0.5) is 0 Å². The molecule has 2 aliphatic carbocycles. The molecular formula is C22H20N2O5S2. The minimum absolute atomic E-state index is 0.0262. The average Bonchev–Trinajstić information content (AvgIpc) is 3.46. The highest BCUT2D eigenvalue weighted by Crippen LogP contribution is 2.68. The number of hydrogen-bond donors (Lipinski definition) is 2. The van der Waals surface area contributed by atoms with E-state index in [1.807, 2.05) is 18.2 Å². The number of thiazole rings is 1. The lowest BCUT2D eigenvalue weighted by molar-refractivity contribution is -0.142. The van der Waals surface area contributed by atoms with Crippen LogP contribution in [0, 0.1) is 29.6 Å². The molecule has 9 heteroatoms. The Morgan fingerprint density at radius 1 is 1.10 bits per heavy atom. The van der Waals surface area contributed by atoms with E-state index >= 15 is 0 Å². The van der Waals surface area contributed by atoms with Crippen molar-refractivity contribution < 1.29 is 19.5 Å². The minimum Gasteiger partial charge on any atom is -0.481 e. The second-order valence-corrected chi connectivity index (χ2v) is 11.0. The molecule has 3 heterocycles. The van der Waals surface area contributed by atoms with Crippen molar-refractivity contribution >= 4 is 40.9 Å². The monoisotopic (exact) mass is 456 g/mol. The van der Waals surface area contributed by atoms with E-state index in [1.54, 1.807) is 11.8 Å². The maximum absolute atomic E-state index is 13.2. The highest BCUT2D eigenvalue weighted by Gasteiger charge is 2.69. The number of fused-ring (bicyclic) bond motifs is 9. The third-order valence-corrected chi connectivity index (χ3v) is 10.1. The van der Waals surface area contributed by atoms with Crippen LogP contribution in [0.2, 0.25) is 0 Å². The van der Waals surface area contributed by atoms with E-state index in [-0.39, 0.29) is 70.4 Å². The summed E-state index contributed by atoms with van der Waals surface area (Å²) in [5, 5.41) is 10.1. The van der Waals surface area contributed by atoms with Gasteiger partial charge in [0.15, 0.2) is 0 Å². The molecule has 2 aromatic rings. The summed E-state index contributed by atoms with van der Waals surface area (Å²) in [6.07, 6.45) is 0.615. The minimum atomic E-state index is -1.01. The van der Waals surface area contributed by atoms with Crippen LogP contribution in [0.5, 0.6) is 0 Å². The largest absolute Gasteiger partial charge is 0.481 e. The van der Waals surface area contributed by atoms with E-state index < -0.39 is 5.97 Å². The molecule has 1 aromatic carbocycles. The number of likely N-dealkylation sites (tertiary alicyclic amines) is 1. The number of thioether (sulfide) groups is 1. The Morgan fingerprint density at radius 3 is 2.52 bits per heavy atom. The lowest BCUT2D eigenvalue weighted by atomic mass is 9.68. The molecule has 4 aliphatic rings. The summed E-state index contributed by atoms with van der Waals surface area (Å²) in [6.45, 7) is -0.0509. The van der Waals surface area contributed by atoms with E-state index in [9.17, 15) is 19.2 Å². The first kappa shape index (κ1) is 19.3. The molecule has 0 unspecified atom stereocenters. The van der Waals surface area contributed by atoms with Gasteiger partial charge in [-0.05, 0) is 29.7 Å². The molecule has 31 heavy (non-hydrogen) atoms. The van der Waals surface area contributed by atoms with Crippen LogP contribution in [0.1, 0.15) is 29.2 Å². The molecular weight excluding hydrogens is 436 g/mol. The number of carboxylic acid groups (broad SMARTS) is 1. The quantitative estimate of drug-likeness (QED) is 0.684. The smallest absolute Gasteiger partial charge is 0.305 e. The summed E-state index contributed by atoms with van der Waals surface area (Å²) in [5.41, 5.74) is 1.14. The van der Waals surface area contributed by atoms with Gasteiger partial charge in [0, 0.05) is 22.6 Å². The number of nitrogens with one attached hydrogen (secondary N) is 1. The maximum atomic E-state index is 13.2. The van der Waals surface area contributed by atoms with Crippen molar-refractivity contribution in [2.24, 2.45) is 29.6 Å². The van der Waals surface area contributed by atoms with Crippen molar-refractivity contribution in [3.05, 3.63) is 50.4 Å². The van der Waals surface area contributed by atoms with Gasteiger partial charge >= 0.3 is 10.8 Å². The molecule has 0 radical (unpaired) electrons. The van der Waals surface area contributed by atoms with Gasteiger partial charge in [-0.3, -0.25) is 24.1 Å². The van der Waals surface area contributed by atoms with Crippen molar-refractivity contribution in [3.8, 4) is 0 Å². The zero-order chi connectivity index (χ0) is 21.4. The van der Waals surface area contributed by atoms with E-state index in [2.05, 4.69) is 17.1 Å². The second-order valence-electron chi connectivity index (χ2n) is 8.84. The lowest BCUT2D eigenvalue weighted by Gasteiger charge is -2.43. The first-order valence-electron chi connectivity index (χ1n) is 10.5. The highest BCUT2D eigenvalue weighted by molar-refractivity contribution is 8.00. The number of rotatable bonds is 4. The van der Waals surface area contributed by atoms with E-state index in [4.69, 9.17) is 5.11 Å². The molecule has 3 fully saturated rings. The molecule has 7 atom stereocenters.